The second kappa shape index (κ2) is 6.16. The van der Waals surface area contributed by atoms with Gasteiger partial charge in [0, 0.05) is 5.54 Å². The number of carbonyl (C=O) groups is 1. The maximum atomic E-state index is 13.4. The minimum Gasteiger partial charge on any atom is -0.347 e. The van der Waals surface area contributed by atoms with Crippen molar-refractivity contribution in [2.24, 2.45) is 0 Å². The predicted octanol–water partition coefficient (Wildman–Crippen LogP) is 2.12. The second-order valence-electron chi connectivity index (χ2n) is 4.74. The summed E-state index contributed by atoms with van der Waals surface area (Å²) in [5.41, 5.74) is -0.114. The molecule has 0 unspecified atom stereocenters. The molecule has 0 saturated carbocycles. The van der Waals surface area contributed by atoms with Gasteiger partial charge in [0.05, 0.1) is 5.56 Å². The second-order valence-corrected chi connectivity index (χ2v) is 4.74. The molecule has 1 heterocycles. The third kappa shape index (κ3) is 3.43. The number of carbonyl (C=O) groups excluding carboxylic acids is 1. The Morgan fingerprint density at radius 3 is 2.56 bits per heavy atom. The number of rotatable bonds is 2. The SMILES string of the molecule is CC1(NC(=O)c2ccccc2F)CCNCC1.Cl. The summed E-state index contributed by atoms with van der Waals surface area (Å²) in [4.78, 5) is 12.0. The Morgan fingerprint density at radius 1 is 1.33 bits per heavy atom. The number of hydrogen-bond acceptors (Lipinski definition) is 2. The normalized spacial score (nSPS) is 17.7. The van der Waals surface area contributed by atoms with Crippen LogP contribution in [-0.4, -0.2) is 24.5 Å². The molecule has 2 N–H and O–H groups in total. The number of piperidine rings is 1. The van der Waals surface area contributed by atoms with Gasteiger partial charge in [-0.1, -0.05) is 12.1 Å². The molecule has 0 bridgehead atoms. The monoisotopic (exact) mass is 272 g/mol. The van der Waals surface area contributed by atoms with E-state index < -0.39 is 5.82 Å². The average molecular weight is 273 g/mol. The predicted molar refractivity (Wildman–Crippen MR) is 71.6 cm³/mol. The molecule has 5 heteroatoms. The highest BCUT2D eigenvalue weighted by atomic mass is 35.5. The Labute approximate surface area is 113 Å². The van der Waals surface area contributed by atoms with E-state index in [0.717, 1.165) is 25.9 Å². The van der Waals surface area contributed by atoms with Crippen LogP contribution in [0, 0.1) is 5.82 Å². The van der Waals surface area contributed by atoms with E-state index in [0.29, 0.717) is 0 Å². The van der Waals surface area contributed by atoms with Crippen molar-refractivity contribution in [2.45, 2.75) is 25.3 Å². The first-order chi connectivity index (χ1) is 8.11. The standard InChI is InChI=1S/C13H17FN2O.ClH/c1-13(6-8-15-9-7-13)16-12(17)10-4-2-3-5-11(10)14;/h2-5,15H,6-9H2,1H3,(H,16,17);1H. The Morgan fingerprint density at radius 2 is 1.94 bits per heavy atom. The van der Waals surface area contributed by atoms with Gasteiger partial charge < -0.3 is 10.6 Å². The number of amides is 1. The van der Waals surface area contributed by atoms with Crippen molar-refractivity contribution in [1.29, 1.82) is 0 Å². The molecule has 1 fully saturated rings. The van der Waals surface area contributed by atoms with E-state index in [2.05, 4.69) is 10.6 Å². The lowest BCUT2D eigenvalue weighted by Gasteiger charge is -2.35. The third-order valence-electron chi connectivity index (χ3n) is 3.24. The van der Waals surface area contributed by atoms with Crippen LogP contribution in [0.2, 0.25) is 0 Å². The van der Waals surface area contributed by atoms with Gasteiger partial charge in [-0.3, -0.25) is 4.79 Å². The van der Waals surface area contributed by atoms with Crippen LogP contribution in [0.15, 0.2) is 24.3 Å². The first-order valence-corrected chi connectivity index (χ1v) is 5.88. The summed E-state index contributed by atoms with van der Waals surface area (Å²) in [6, 6.07) is 6.07. The van der Waals surface area contributed by atoms with Crippen molar-refractivity contribution in [3.8, 4) is 0 Å². The quantitative estimate of drug-likeness (QED) is 0.866. The van der Waals surface area contributed by atoms with Crippen molar-refractivity contribution >= 4 is 18.3 Å². The van der Waals surface area contributed by atoms with Crippen LogP contribution in [0.1, 0.15) is 30.1 Å². The lowest BCUT2D eigenvalue weighted by Crippen LogP contribution is -2.52. The summed E-state index contributed by atoms with van der Waals surface area (Å²) in [6.45, 7) is 3.77. The van der Waals surface area contributed by atoms with E-state index in [4.69, 9.17) is 0 Å². The summed E-state index contributed by atoms with van der Waals surface area (Å²) in [7, 11) is 0. The van der Waals surface area contributed by atoms with Crippen molar-refractivity contribution in [3.05, 3.63) is 35.6 Å². The smallest absolute Gasteiger partial charge is 0.254 e. The summed E-state index contributed by atoms with van der Waals surface area (Å²) >= 11 is 0. The van der Waals surface area contributed by atoms with Gasteiger partial charge in [0.25, 0.3) is 5.91 Å². The van der Waals surface area contributed by atoms with E-state index in [1.165, 1.54) is 12.1 Å². The van der Waals surface area contributed by atoms with Gasteiger partial charge in [-0.2, -0.15) is 0 Å². The van der Waals surface area contributed by atoms with Crippen LogP contribution in [-0.2, 0) is 0 Å². The van der Waals surface area contributed by atoms with E-state index in [1.54, 1.807) is 12.1 Å². The van der Waals surface area contributed by atoms with Crippen molar-refractivity contribution in [3.63, 3.8) is 0 Å². The molecule has 0 aliphatic carbocycles. The Hall–Kier alpha value is -1.13. The summed E-state index contributed by atoms with van der Waals surface area (Å²) < 4.78 is 13.4. The first-order valence-electron chi connectivity index (χ1n) is 5.88. The highest BCUT2D eigenvalue weighted by Gasteiger charge is 2.29. The molecule has 1 aromatic carbocycles. The van der Waals surface area contributed by atoms with Crippen molar-refractivity contribution in [1.82, 2.24) is 10.6 Å². The van der Waals surface area contributed by atoms with Crippen molar-refractivity contribution < 1.29 is 9.18 Å². The largest absolute Gasteiger partial charge is 0.347 e. The Balaban J connectivity index is 0.00000162. The molecule has 0 spiro atoms. The molecule has 0 atom stereocenters. The first kappa shape index (κ1) is 14.9. The van der Waals surface area contributed by atoms with Gasteiger partial charge in [-0.05, 0) is 45.0 Å². The van der Waals surface area contributed by atoms with Gasteiger partial charge in [0.15, 0.2) is 0 Å². The van der Waals surface area contributed by atoms with Crippen LogP contribution in [0.25, 0.3) is 0 Å². The van der Waals surface area contributed by atoms with E-state index in [9.17, 15) is 9.18 Å². The number of hydrogen-bond donors (Lipinski definition) is 2. The van der Waals surface area contributed by atoms with Crippen LogP contribution in [0.5, 0.6) is 0 Å². The number of nitrogens with one attached hydrogen (secondary N) is 2. The fraction of sp³-hybridized carbons (Fsp3) is 0.462. The lowest BCUT2D eigenvalue weighted by atomic mass is 9.90. The molecule has 1 saturated heterocycles. The summed E-state index contributed by atoms with van der Waals surface area (Å²) in [5, 5.41) is 6.17. The van der Waals surface area contributed by atoms with Crippen LogP contribution in [0.3, 0.4) is 0 Å². The van der Waals surface area contributed by atoms with Gasteiger partial charge in [0.1, 0.15) is 5.82 Å². The molecule has 18 heavy (non-hydrogen) atoms. The maximum absolute atomic E-state index is 13.4. The highest BCUT2D eigenvalue weighted by molar-refractivity contribution is 5.94. The zero-order valence-corrected chi connectivity index (χ0v) is 11.1. The molecule has 100 valence electrons. The molecule has 2 rings (SSSR count). The minimum absolute atomic E-state index is 0. The van der Waals surface area contributed by atoms with Gasteiger partial charge >= 0.3 is 0 Å². The molecule has 1 aliphatic rings. The molecule has 0 aromatic heterocycles. The summed E-state index contributed by atoms with van der Waals surface area (Å²) in [5.74, 6) is -0.796. The van der Waals surface area contributed by atoms with Crippen molar-refractivity contribution in [2.75, 3.05) is 13.1 Å². The average Bonchev–Trinajstić information content (AvgIpc) is 2.29. The zero-order chi connectivity index (χ0) is 12.3. The number of halogens is 2. The van der Waals surface area contributed by atoms with Crippen LogP contribution in [0.4, 0.5) is 4.39 Å². The molecule has 1 aromatic rings. The highest BCUT2D eigenvalue weighted by Crippen LogP contribution is 2.18. The maximum Gasteiger partial charge on any atom is 0.254 e. The third-order valence-corrected chi connectivity index (χ3v) is 3.24. The topological polar surface area (TPSA) is 41.1 Å². The summed E-state index contributed by atoms with van der Waals surface area (Å²) in [6.07, 6.45) is 1.74. The van der Waals surface area contributed by atoms with E-state index in [-0.39, 0.29) is 29.4 Å². The fourth-order valence-electron chi connectivity index (χ4n) is 2.09. The van der Waals surface area contributed by atoms with Gasteiger partial charge in [0.2, 0.25) is 0 Å². The molecule has 3 nitrogen and oxygen atoms in total. The van der Waals surface area contributed by atoms with Gasteiger partial charge in [-0.15, -0.1) is 12.4 Å². The van der Waals surface area contributed by atoms with Gasteiger partial charge in [-0.25, -0.2) is 4.39 Å². The number of benzene rings is 1. The molecule has 0 radical (unpaired) electrons. The van der Waals surface area contributed by atoms with E-state index in [1.807, 2.05) is 6.92 Å². The molecule has 1 aliphatic heterocycles. The zero-order valence-electron chi connectivity index (χ0n) is 10.3. The lowest BCUT2D eigenvalue weighted by molar-refractivity contribution is 0.0883. The molecule has 1 amide bonds. The Bertz CT molecular complexity index is 419. The fourth-order valence-corrected chi connectivity index (χ4v) is 2.09. The van der Waals surface area contributed by atoms with Crippen LogP contribution >= 0.6 is 12.4 Å². The Kier molecular flexibility index (Phi) is 5.11. The molecular weight excluding hydrogens is 255 g/mol. The molecular formula is C13H18ClFN2O. The van der Waals surface area contributed by atoms with E-state index >= 15 is 0 Å². The van der Waals surface area contributed by atoms with Crippen LogP contribution < -0.4 is 10.6 Å². The minimum atomic E-state index is -0.470.